The highest BCUT2D eigenvalue weighted by Gasteiger charge is 2.60. The van der Waals surface area contributed by atoms with Gasteiger partial charge in [-0.15, -0.1) is 0 Å². The van der Waals surface area contributed by atoms with E-state index < -0.39 is 5.97 Å². The van der Waals surface area contributed by atoms with Gasteiger partial charge in [-0.05, 0) is 92.3 Å². The van der Waals surface area contributed by atoms with Gasteiger partial charge in [0, 0.05) is 24.3 Å². The summed E-state index contributed by atoms with van der Waals surface area (Å²) >= 11 is 0. The summed E-state index contributed by atoms with van der Waals surface area (Å²) < 4.78 is 0. The van der Waals surface area contributed by atoms with Crippen molar-refractivity contribution >= 4 is 11.8 Å². The number of carboxylic acids is 1. The number of carbonyl (C=O) groups is 2. The molecule has 3 N–H and O–H groups in total. The quantitative estimate of drug-likeness (QED) is 0.680. The van der Waals surface area contributed by atoms with Crippen molar-refractivity contribution < 1.29 is 14.7 Å². The highest BCUT2D eigenvalue weighted by Crippen LogP contribution is 2.65. The van der Waals surface area contributed by atoms with E-state index in [-0.39, 0.29) is 22.7 Å². The van der Waals surface area contributed by atoms with Crippen LogP contribution in [0.25, 0.3) is 0 Å². The van der Waals surface area contributed by atoms with E-state index in [0.717, 1.165) is 44.9 Å². The Hall–Kier alpha value is -0.900. The molecule has 4 rings (SSSR count). The van der Waals surface area contributed by atoms with E-state index in [1.54, 1.807) is 0 Å². The first-order valence-corrected chi connectivity index (χ1v) is 12.1. The van der Waals surface area contributed by atoms with Gasteiger partial charge in [0.05, 0.1) is 0 Å². The molecule has 29 heavy (non-hydrogen) atoms. The Morgan fingerprint density at radius 1 is 1.10 bits per heavy atom. The van der Waals surface area contributed by atoms with E-state index >= 15 is 0 Å². The number of fused-ring (bicyclic) bond motifs is 5. The molecule has 0 aliphatic heterocycles. The third-order valence-corrected chi connectivity index (χ3v) is 10.2. The molecule has 0 bridgehead atoms. The van der Waals surface area contributed by atoms with Crippen molar-refractivity contribution in [3.63, 3.8) is 0 Å². The van der Waals surface area contributed by atoms with E-state index in [0.29, 0.717) is 41.9 Å². The molecule has 0 aromatic rings. The number of ketones is 1. The molecule has 4 aliphatic rings. The number of hydrogen-bond acceptors (Lipinski definition) is 3. The second kappa shape index (κ2) is 7.35. The molecule has 0 radical (unpaired) electrons. The third-order valence-electron chi connectivity index (χ3n) is 10.2. The summed E-state index contributed by atoms with van der Waals surface area (Å²) in [4.78, 5) is 24.9. The number of carbonyl (C=O) groups excluding carboxylic acids is 1. The average Bonchev–Trinajstić information content (AvgIpc) is 2.78. The van der Waals surface area contributed by atoms with Crippen molar-refractivity contribution in [1.29, 1.82) is 0 Å². The maximum absolute atomic E-state index is 13.7. The first-order chi connectivity index (χ1) is 13.6. The highest BCUT2D eigenvalue weighted by atomic mass is 16.4. The number of rotatable bonds is 3. The predicted molar refractivity (Wildman–Crippen MR) is 114 cm³/mol. The fourth-order valence-electron chi connectivity index (χ4n) is 8.56. The van der Waals surface area contributed by atoms with E-state index in [4.69, 9.17) is 5.73 Å². The van der Waals surface area contributed by atoms with Crippen LogP contribution >= 0.6 is 0 Å². The normalized spacial score (nSPS) is 50.1. The van der Waals surface area contributed by atoms with Crippen LogP contribution in [0.15, 0.2) is 0 Å². The van der Waals surface area contributed by atoms with Crippen molar-refractivity contribution in [2.45, 2.75) is 104 Å². The lowest BCUT2D eigenvalue weighted by Crippen LogP contribution is -2.58. The summed E-state index contributed by atoms with van der Waals surface area (Å²) in [6.45, 7) is 6.96. The molecule has 4 saturated carbocycles. The first kappa shape index (κ1) is 21.3. The fourth-order valence-corrected chi connectivity index (χ4v) is 8.56. The van der Waals surface area contributed by atoms with Gasteiger partial charge < -0.3 is 10.8 Å². The second-order valence-electron chi connectivity index (χ2n) is 12.0. The lowest BCUT2D eigenvalue weighted by molar-refractivity contribution is -0.159. The molecule has 8 atom stereocenters. The average molecular weight is 404 g/mol. The minimum atomic E-state index is -0.714. The van der Waals surface area contributed by atoms with Crippen LogP contribution in [-0.4, -0.2) is 22.9 Å². The zero-order valence-corrected chi connectivity index (χ0v) is 18.7. The lowest BCUT2D eigenvalue weighted by Gasteiger charge is -2.61. The van der Waals surface area contributed by atoms with Gasteiger partial charge in [0.2, 0.25) is 0 Å². The minimum Gasteiger partial charge on any atom is -0.481 e. The van der Waals surface area contributed by atoms with Crippen LogP contribution in [0.4, 0.5) is 0 Å². The topological polar surface area (TPSA) is 80.4 Å². The second-order valence-corrected chi connectivity index (χ2v) is 12.0. The van der Waals surface area contributed by atoms with Crippen molar-refractivity contribution in [3.05, 3.63) is 0 Å². The fraction of sp³-hybridized carbons (Fsp3) is 0.920. The molecule has 4 aliphatic carbocycles. The van der Waals surface area contributed by atoms with Crippen LogP contribution < -0.4 is 5.73 Å². The van der Waals surface area contributed by atoms with Crippen molar-refractivity contribution in [3.8, 4) is 0 Å². The van der Waals surface area contributed by atoms with Gasteiger partial charge in [0.25, 0.3) is 0 Å². The molecule has 4 nitrogen and oxygen atoms in total. The third kappa shape index (κ3) is 3.58. The van der Waals surface area contributed by atoms with Gasteiger partial charge in [-0.2, -0.15) is 0 Å². The molecule has 164 valence electrons. The molecule has 4 unspecified atom stereocenters. The molecule has 0 saturated heterocycles. The van der Waals surface area contributed by atoms with Crippen LogP contribution in [-0.2, 0) is 9.59 Å². The predicted octanol–water partition coefficient (Wildman–Crippen LogP) is 5.19. The summed E-state index contributed by atoms with van der Waals surface area (Å²) in [5.74, 6) is 2.13. The van der Waals surface area contributed by atoms with Crippen molar-refractivity contribution in [2.75, 3.05) is 0 Å². The number of hydrogen-bond donors (Lipinski definition) is 2. The Labute approximate surface area is 176 Å². The molecular weight excluding hydrogens is 362 g/mol. The molecule has 0 amide bonds. The Bertz CT molecular complexity index is 677. The molecule has 0 spiro atoms. The van der Waals surface area contributed by atoms with Gasteiger partial charge in [-0.25, -0.2) is 0 Å². The molecule has 0 aromatic heterocycles. The summed E-state index contributed by atoms with van der Waals surface area (Å²) in [5.41, 5.74) is 6.31. The number of nitrogens with two attached hydrogens (primary N) is 1. The number of carboxylic acid groups (broad SMARTS) is 1. The Morgan fingerprint density at radius 2 is 1.86 bits per heavy atom. The Balaban J connectivity index is 1.60. The molecule has 4 heteroatoms. The SMILES string of the molecule is CC1(CCC(=O)O)CCCC2C3CC[C@@H]4C[C@@H](N)CC[C@]4(C)C3CC(=O)[C@]2(C)C1. The van der Waals surface area contributed by atoms with Crippen LogP contribution in [0.5, 0.6) is 0 Å². The Morgan fingerprint density at radius 3 is 2.59 bits per heavy atom. The van der Waals surface area contributed by atoms with Gasteiger partial charge in [0.15, 0.2) is 0 Å². The zero-order chi connectivity index (χ0) is 21.0. The van der Waals surface area contributed by atoms with E-state index in [9.17, 15) is 14.7 Å². The standard InChI is InChI=1S/C25H41NO3/c1-23(11-9-22(28)29)10-4-5-19-18-7-6-16-13-17(26)8-12-24(16,2)20(18)14-21(27)25(19,3)15-23/h16-20H,4-15,26H2,1-3H3,(H,28,29)/t16-,17+,18?,19?,20?,23?,24+,25-/m1/s1. The molecule has 0 aromatic carbocycles. The van der Waals surface area contributed by atoms with Crippen molar-refractivity contribution in [2.24, 2.45) is 45.7 Å². The van der Waals surface area contributed by atoms with Crippen LogP contribution in [0.3, 0.4) is 0 Å². The van der Waals surface area contributed by atoms with Crippen molar-refractivity contribution in [1.82, 2.24) is 0 Å². The molecular formula is C25H41NO3. The summed E-state index contributed by atoms with van der Waals surface area (Å²) in [5, 5.41) is 9.21. The number of Topliss-reactive ketones (excluding diaryl/α,β-unsaturated/α-hetero) is 1. The Kier molecular flexibility index (Phi) is 5.41. The first-order valence-electron chi connectivity index (χ1n) is 12.1. The monoisotopic (exact) mass is 403 g/mol. The maximum atomic E-state index is 13.7. The number of aliphatic carboxylic acids is 1. The summed E-state index contributed by atoms with van der Waals surface area (Å²) in [6.07, 6.45) is 11.9. The minimum absolute atomic E-state index is 0.0247. The zero-order valence-electron chi connectivity index (χ0n) is 18.7. The van der Waals surface area contributed by atoms with Crippen LogP contribution in [0.2, 0.25) is 0 Å². The van der Waals surface area contributed by atoms with Gasteiger partial charge in [-0.3, -0.25) is 9.59 Å². The van der Waals surface area contributed by atoms with E-state index in [1.165, 1.54) is 19.3 Å². The molecule has 0 heterocycles. The lowest BCUT2D eigenvalue weighted by atomic mass is 9.43. The highest BCUT2D eigenvalue weighted by molar-refractivity contribution is 5.86. The maximum Gasteiger partial charge on any atom is 0.303 e. The van der Waals surface area contributed by atoms with Gasteiger partial charge in [-0.1, -0.05) is 27.2 Å². The smallest absolute Gasteiger partial charge is 0.303 e. The summed E-state index contributed by atoms with van der Waals surface area (Å²) in [6, 6.07) is 0.349. The van der Waals surface area contributed by atoms with E-state index in [2.05, 4.69) is 20.8 Å². The molecule has 4 fully saturated rings. The van der Waals surface area contributed by atoms with Crippen LogP contribution in [0, 0.1) is 39.9 Å². The summed E-state index contributed by atoms with van der Waals surface area (Å²) in [7, 11) is 0. The largest absolute Gasteiger partial charge is 0.481 e. The van der Waals surface area contributed by atoms with Gasteiger partial charge in [0.1, 0.15) is 5.78 Å². The van der Waals surface area contributed by atoms with E-state index in [1.807, 2.05) is 0 Å². The van der Waals surface area contributed by atoms with Crippen LogP contribution in [0.1, 0.15) is 97.8 Å². The van der Waals surface area contributed by atoms with Gasteiger partial charge >= 0.3 is 5.97 Å².